The van der Waals surface area contributed by atoms with E-state index in [9.17, 15) is 5.11 Å². The molecule has 0 aliphatic rings. The zero-order chi connectivity index (χ0) is 15.9. The van der Waals surface area contributed by atoms with Crippen molar-refractivity contribution >= 4 is 27.8 Å². The first-order chi connectivity index (χ1) is 10.6. The Morgan fingerprint density at radius 3 is 2.64 bits per heavy atom. The Labute approximate surface area is 139 Å². The molecule has 22 heavy (non-hydrogen) atoms. The van der Waals surface area contributed by atoms with Crippen molar-refractivity contribution < 1.29 is 9.84 Å². The van der Waals surface area contributed by atoms with Crippen molar-refractivity contribution in [1.29, 1.82) is 0 Å². The van der Waals surface area contributed by atoms with Crippen molar-refractivity contribution in [2.45, 2.75) is 13.3 Å². The highest BCUT2D eigenvalue weighted by Crippen LogP contribution is 2.32. The van der Waals surface area contributed by atoms with Gasteiger partial charge in [-0.3, -0.25) is 4.99 Å². The maximum Gasteiger partial charge on any atom is 0.161 e. The van der Waals surface area contributed by atoms with Gasteiger partial charge in [-0.05, 0) is 55.3 Å². The molecule has 0 aromatic heterocycles. The summed E-state index contributed by atoms with van der Waals surface area (Å²) in [5.74, 6) is 0.640. The molecule has 2 rings (SSSR count). The maximum atomic E-state index is 10.2. The molecule has 0 saturated carbocycles. The summed E-state index contributed by atoms with van der Waals surface area (Å²) in [5, 5.41) is 10.2. The molecular formula is C18H18BrNO2. The van der Waals surface area contributed by atoms with Crippen LogP contribution in [0.15, 0.2) is 58.5 Å². The van der Waals surface area contributed by atoms with Gasteiger partial charge < -0.3 is 9.84 Å². The van der Waals surface area contributed by atoms with Crippen LogP contribution in [0.3, 0.4) is 0 Å². The summed E-state index contributed by atoms with van der Waals surface area (Å²) in [4.78, 5) is 4.44. The van der Waals surface area contributed by atoms with Gasteiger partial charge in [0.15, 0.2) is 11.5 Å². The van der Waals surface area contributed by atoms with Crippen molar-refractivity contribution in [3.63, 3.8) is 0 Å². The summed E-state index contributed by atoms with van der Waals surface area (Å²) in [5.41, 5.74) is 2.51. The van der Waals surface area contributed by atoms with E-state index in [2.05, 4.69) is 27.5 Å². The molecule has 114 valence electrons. The molecule has 2 aromatic carbocycles. The largest absolute Gasteiger partial charge is 0.504 e. The molecule has 0 aliphatic heterocycles. The fourth-order valence-electron chi connectivity index (χ4n) is 2.02. The van der Waals surface area contributed by atoms with E-state index in [4.69, 9.17) is 4.74 Å². The van der Waals surface area contributed by atoms with Gasteiger partial charge in [-0.15, -0.1) is 6.58 Å². The molecule has 0 amide bonds. The van der Waals surface area contributed by atoms with Crippen molar-refractivity contribution in [3.05, 3.63) is 64.7 Å². The molecule has 0 bridgehead atoms. The van der Waals surface area contributed by atoms with E-state index in [1.165, 1.54) is 0 Å². The van der Waals surface area contributed by atoms with Crippen molar-refractivity contribution in [2.24, 2.45) is 4.99 Å². The van der Waals surface area contributed by atoms with Crippen LogP contribution in [0.4, 0.5) is 5.69 Å². The van der Waals surface area contributed by atoms with E-state index < -0.39 is 0 Å². The predicted molar refractivity (Wildman–Crippen MR) is 94.6 cm³/mol. The van der Waals surface area contributed by atoms with Gasteiger partial charge in [0, 0.05) is 16.3 Å². The number of aromatic hydroxyl groups is 1. The molecule has 0 aliphatic carbocycles. The fourth-order valence-corrected chi connectivity index (χ4v) is 2.28. The van der Waals surface area contributed by atoms with Gasteiger partial charge >= 0.3 is 0 Å². The highest BCUT2D eigenvalue weighted by Gasteiger charge is 2.09. The monoisotopic (exact) mass is 359 g/mol. The average Bonchev–Trinajstić information content (AvgIpc) is 2.51. The molecule has 0 unspecified atom stereocenters. The van der Waals surface area contributed by atoms with Gasteiger partial charge in [0.2, 0.25) is 0 Å². The number of nitrogens with zero attached hydrogens (tertiary/aromatic N) is 1. The lowest BCUT2D eigenvalue weighted by molar-refractivity contribution is 0.317. The number of allylic oxidation sites excluding steroid dienone is 1. The molecular weight excluding hydrogens is 342 g/mol. The minimum Gasteiger partial charge on any atom is -0.504 e. The van der Waals surface area contributed by atoms with Crippen LogP contribution in [0.25, 0.3) is 0 Å². The summed E-state index contributed by atoms with van der Waals surface area (Å²) >= 11 is 3.40. The van der Waals surface area contributed by atoms with Crippen molar-refractivity contribution in [2.75, 3.05) is 6.61 Å². The number of hydrogen-bond donors (Lipinski definition) is 1. The van der Waals surface area contributed by atoms with Crippen LogP contribution in [0, 0.1) is 0 Å². The number of phenolic OH excluding ortho intramolecular Hbond substituents is 1. The molecule has 0 atom stereocenters. The Balaban J connectivity index is 2.32. The average molecular weight is 360 g/mol. The molecule has 0 radical (unpaired) electrons. The molecule has 4 heteroatoms. The molecule has 1 N–H and O–H groups in total. The first-order valence-corrected chi connectivity index (χ1v) is 7.82. The van der Waals surface area contributed by atoms with Gasteiger partial charge in [-0.1, -0.05) is 22.0 Å². The Morgan fingerprint density at radius 1 is 1.27 bits per heavy atom. The SMILES string of the molecule is C=CCc1cc(C=Nc2ccc(Br)cc2)cc(OCC)c1O. The molecule has 3 nitrogen and oxygen atoms in total. The second kappa shape index (κ2) is 7.80. The Kier molecular flexibility index (Phi) is 5.78. The predicted octanol–water partition coefficient (Wildman–Crippen LogP) is 5.03. The van der Waals surface area contributed by atoms with E-state index in [0.717, 1.165) is 21.3 Å². The number of phenols is 1. The molecule has 2 aromatic rings. The first-order valence-electron chi connectivity index (χ1n) is 7.03. The number of hydrogen-bond acceptors (Lipinski definition) is 3. The lowest BCUT2D eigenvalue weighted by Gasteiger charge is -2.10. The maximum absolute atomic E-state index is 10.2. The first kappa shape index (κ1) is 16.3. The standard InChI is InChI=1S/C18H18BrNO2/c1-3-5-14-10-13(11-17(18(14)21)22-4-2)12-20-16-8-6-15(19)7-9-16/h3,6-12,21H,1,4-5H2,2H3. The van der Waals surface area contributed by atoms with Crippen LogP contribution in [-0.2, 0) is 6.42 Å². The van der Waals surface area contributed by atoms with Gasteiger partial charge in [0.25, 0.3) is 0 Å². The number of ether oxygens (including phenoxy) is 1. The normalized spacial score (nSPS) is 10.8. The third-order valence-electron chi connectivity index (χ3n) is 3.03. The minimum absolute atomic E-state index is 0.169. The van der Waals surface area contributed by atoms with Crippen LogP contribution < -0.4 is 4.74 Å². The molecule has 0 spiro atoms. The highest BCUT2D eigenvalue weighted by molar-refractivity contribution is 9.10. The topological polar surface area (TPSA) is 41.8 Å². The summed E-state index contributed by atoms with van der Waals surface area (Å²) in [7, 11) is 0. The summed E-state index contributed by atoms with van der Waals surface area (Å²) in [6.45, 7) is 6.09. The lowest BCUT2D eigenvalue weighted by atomic mass is 10.1. The third-order valence-corrected chi connectivity index (χ3v) is 3.56. The van der Waals surface area contributed by atoms with Crippen molar-refractivity contribution in [3.8, 4) is 11.5 Å². The smallest absolute Gasteiger partial charge is 0.161 e. The second-order valence-corrected chi connectivity index (χ2v) is 5.60. The summed E-state index contributed by atoms with van der Waals surface area (Å²) < 4.78 is 6.50. The Morgan fingerprint density at radius 2 is 2.00 bits per heavy atom. The number of halogens is 1. The Hall–Kier alpha value is -2.07. The zero-order valence-electron chi connectivity index (χ0n) is 12.4. The van der Waals surface area contributed by atoms with E-state index in [0.29, 0.717) is 18.8 Å². The van der Waals surface area contributed by atoms with E-state index in [-0.39, 0.29) is 5.75 Å². The molecule has 0 fully saturated rings. The molecule has 0 heterocycles. The third kappa shape index (κ3) is 4.21. The number of benzene rings is 2. The van der Waals surface area contributed by atoms with Crippen LogP contribution >= 0.6 is 15.9 Å². The Bertz CT molecular complexity index is 678. The molecule has 0 saturated heterocycles. The summed E-state index contributed by atoms with van der Waals surface area (Å²) in [6.07, 6.45) is 4.09. The quantitative estimate of drug-likeness (QED) is 0.580. The van der Waals surface area contributed by atoms with E-state index >= 15 is 0 Å². The van der Waals surface area contributed by atoms with Crippen LogP contribution in [-0.4, -0.2) is 17.9 Å². The van der Waals surface area contributed by atoms with Gasteiger partial charge in [-0.2, -0.15) is 0 Å². The van der Waals surface area contributed by atoms with Gasteiger partial charge in [-0.25, -0.2) is 0 Å². The minimum atomic E-state index is 0.169. The second-order valence-electron chi connectivity index (χ2n) is 4.69. The van der Waals surface area contributed by atoms with E-state index in [1.54, 1.807) is 18.4 Å². The van der Waals surface area contributed by atoms with Crippen molar-refractivity contribution in [1.82, 2.24) is 0 Å². The van der Waals surface area contributed by atoms with E-state index in [1.807, 2.05) is 37.3 Å². The lowest BCUT2D eigenvalue weighted by Crippen LogP contribution is -1.96. The van der Waals surface area contributed by atoms with Crippen LogP contribution in [0.5, 0.6) is 11.5 Å². The highest BCUT2D eigenvalue weighted by atomic mass is 79.9. The number of rotatable bonds is 6. The zero-order valence-corrected chi connectivity index (χ0v) is 14.0. The van der Waals surface area contributed by atoms with Crippen LogP contribution in [0.1, 0.15) is 18.1 Å². The fraction of sp³-hybridized carbons (Fsp3) is 0.167. The van der Waals surface area contributed by atoms with Gasteiger partial charge in [0.1, 0.15) is 0 Å². The summed E-state index contributed by atoms with van der Waals surface area (Å²) in [6, 6.07) is 11.4. The van der Waals surface area contributed by atoms with Crippen LogP contribution in [0.2, 0.25) is 0 Å². The van der Waals surface area contributed by atoms with Gasteiger partial charge in [0.05, 0.1) is 12.3 Å². The number of aliphatic imine (C=N–C) groups is 1.